The second kappa shape index (κ2) is 10.8. The van der Waals surface area contributed by atoms with Crippen molar-refractivity contribution in [1.82, 2.24) is 15.2 Å². The van der Waals surface area contributed by atoms with Gasteiger partial charge in [-0.25, -0.2) is 5.01 Å². The van der Waals surface area contributed by atoms with Crippen LogP contribution in [0.3, 0.4) is 0 Å². The van der Waals surface area contributed by atoms with Gasteiger partial charge in [0.15, 0.2) is 6.61 Å². The third-order valence-corrected chi connectivity index (χ3v) is 6.89. The minimum Gasteiger partial charge on any atom is -0.484 e. The summed E-state index contributed by atoms with van der Waals surface area (Å²) < 4.78 is 13.4. The number of aryl methyl sites for hydroxylation is 1. The number of aromatic nitrogens is 2. The lowest BCUT2D eigenvalue weighted by molar-refractivity contribution is -0.135. The van der Waals surface area contributed by atoms with Gasteiger partial charge >= 0.3 is 0 Å². The van der Waals surface area contributed by atoms with Gasteiger partial charge in [-0.05, 0) is 59.7 Å². The molecule has 7 nitrogen and oxygen atoms in total. The molecule has 1 aromatic heterocycles. The van der Waals surface area contributed by atoms with Gasteiger partial charge in [0.2, 0.25) is 11.8 Å². The van der Waals surface area contributed by atoms with E-state index in [4.69, 9.17) is 14.3 Å². The predicted octanol–water partition coefficient (Wildman–Crippen LogP) is 6.58. The van der Waals surface area contributed by atoms with Crippen LogP contribution in [0.25, 0.3) is 11.5 Å². The standard InChI is InChI=1S/C27H22Br2N4O3/c1-2-25-30-31-27(36-25)19-7-13-22(14-8-19)35-16-26(34)33-24(18-5-11-21(29)12-6-18)15-23(32-33)17-3-9-20(28)10-4-17/h3-14,24H,2,15-16H2,1H3. The zero-order valence-electron chi connectivity index (χ0n) is 19.4. The summed E-state index contributed by atoms with van der Waals surface area (Å²) in [6.07, 6.45) is 1.30. The molecule has 2 heterocycles. The summed E-state index contributed by atoms with van der Waals surface area (Å²) in [7, 11) is 0. The molecule has 0 saturated carbocycles. The summed E-state index contributed by atoms with van der Waals surface area (Å²) in [5.74, 6) is 1.39. The van der Waals surface area contributed by atoms with E-state index in [1.54, 1.807) is 17.1 Å². The summed E-state index contributed by atoms with van der Waals surface area (Å²) in [5.41, 5.74) is 3.65. The van der Waals surface area contributed by atoms with E-state index >= 15 is 0 Å². The Morgan fingerprint density at radius 1 is 0.944 bits per heavy atom. The number of hydrogen-bond donors (Lipinski definition) is 0. The Kier molecular flexibility index (Phi) is 7.29. The highest BCUT2D eigenvalue weighted by atomic mass is 79.9. The third-order valence-electron chi connectivity index (χ3n) is 5.83. The number of hydrogen-bond acceptors (Lipinski definition) is 6. The van der Waals surface area contributed by atoms with Crippen molar-refractivity contribution < 1.29 is 13.9 Å². The molecular weight excluding hydrogens is 588 g/mol. The van der Waals surface area contributed by atoms with E-state index in [0.717, 1.165) is 31.3 Å². The lowest BCUT2D eigenvalue weighted by Crippen LogP contribution is -2.31. The molecule has 0 fully saturated rings. The van der Waals surface area contributed by atoms with Crippen LogP contribution >= 0.6 is 31.9 Å². The molecule has 9 heteroatoms. The van der Waals surface area contributed by atoms with Crippen molar-refractivity contribution in [3.63, 3.8) is 0 Å². The molecule has 0 aliphatic carbocycles. The maximum atomic E-state index is 13.3. The largest absolute Gasteiger partial charge is 0.484 e. The SMILES string of the molecule is CCc1nnc(-c2ccc(OCC(=O)N3N=C(c4ccc(Br)cc4)CC3c3ccc(Br)cc3)cc2)o1. The average molecular weight is 610 g/mol. The maximum absolute atomic E-state index is 13.3. The van der Waals surface area contributed by atoms with Crippen LogP contribution in [0.2, 0.25) is 0 Å². The number of halogens is 2. The summed E-state index contributed by atoms with van der Waals surface area (Å²) in [5, 5.41) is 14.3. The van der Waals surface area contributed by atoms with Crippen LogP contribution in [0.5, 0.6) is 5.75 Å². The number of ether oxygens (including phenoxy) is 1. The number of amides is 1. The quantitative estimate of drug-likeness (QED) is 0.236. The van der Waals surface area contributed by atoms with Crippen molar-refractivity contribution in [3.05, 3.63) is 98.8 Å². The van der Waals surface area contributed by atoms with Crippen molar-refractivity contribution in [1.29, 1.82) is 0 Å². The molecule has 0 bridgehead atoms. The molecule has 1 unspecified atom stereocenters. The number of rotatable bonds is 7. The van der Waals surface area contributed by atoms with Gasteiger partial charge < -0.3 is 9.15 Å². The van der Waals surface area contributed by atoms with Gasteiger partial charge in [-0.3, -0.25) is 4.79 Å². The number of carbonyl (C=O) groups excluding carboxylic acids is 1. The van der Waals surface area contributed by atoms with Gasteiger partial charge in [0.25, 0.3) is 5.91 Å². The highest BCUT2D eigenvalue weighted by Gasteiger charge is 2.33. The zero-order valence-corrected chi connectivity index (χ0v) is 22.6. The molecule has 0 N–H and O–H groups in total. The molecule has 4 aromatic rings. The van der Waals surface area contributed by atoms with Crippen LogP contribution in [-0.2, 0) is 11.2 Å². The molecule has 182 valence electrons. The zero-order chi connectivity index (χ0) is 25.1. The van der Waals surface area contributed by atoms with Gasteiger partial charge in [-0.2, -0.15) is 5.10 Å². The first-order valence-electron chi connectivity index (χ1n) is 11.5. The lowest BCUT2D eigenvalue weighted by Gasteiger charge is -2.22. The molecule has 1 aliphatic rings. The second-order valence-electron chi connectivity index (χ2n) is 8.23. The molecule has 0 spiro atoms. The Bertz CT molecular complexity index is 1380. The summed E-state index contributed by atoms with van der Waals surface area (Å²) in [6.45, 7) is 1.82. The Hall–Kier alpha value is -3.30. The van der Waals surface area contributed by atoms with Gasteiger partial charge in [-0.15, -0.1) is 10.2 Å². The second-order valence-corrected chi connectivity index (χ2v) is 10.1. The first-order valence-corrected chi connectivity index (χ1v) is 13.1. The average Bonchev–Trinajstić information content (AvgIpc) is 3.57. The Morgan fingerprint density at radius 3 is 2.22 bits per heavy atom. The van der Waals surface area contributed by atoms with Gasteiger partial charge in [0, 0.05) is 27.4 Å². The fourth-order valence-corrected chi connectivity index (χ4v) is 4.45. The van der Waals surface area contributed by atoms with Crippen LogP contribution in [-0.4, -0.2) is 33.4 Å². The molecule has 0 saturated heterocycles. The van der Waals surface area contributed by atoms with E-state index in [2.05, 4.69) is 42.1 Å². The van der Waals surface area contributed by atoms with Crippen LogP contribution in [0.15, 0.2) is 91.3 Å². The summed E-state index contributed by atoms with van der Waals surface area (Å²) in [6, 6.07) is 22.9. The van der Waals surface area contributed by atoms with Crippen LogP contribution < -0.4 is 4.74 Å². The van der Waals surface area contributed by atoms with Gasteiger partial charge in [0.1, 0.15) is 5.75 Å². The van der Waals surface area contributed by atoms with Crippen LogP contribution in [0, 0.1) is 0 Å². The van der Waals surface area contributed by atoms with E-state index in [1.807, 2.05) is 67.6 Å². The molecular formula is C27H22Br2N4O3. The Balaban J connectivity index is 1.31. The molecule has 1 aliphatic heterocycles. The number of nitrogens with zero attached hydrogens (tertiary/aromatic N) is 4. The van der Waals surface area contributed by atoms with Crippen molar-refractivity contribution >= 4 is 43.5 Å². The Morgan fingerprint density at radius 2 is 1.58 bits per heavy atom. The first-order chi connectivity index (χ1) is 17.5. The molecule has 1 amide bonds. The molecule has 5 rings (SSSR count). The van der Waals surface area contributed by atoms with Crippen molar-refractivity contribution in [2.45, 2.75) is 25.8 Å². The number of hydrazone groups is 1. The van der Waals surface area contributed by atoms with Crippen molar-refractivity contribution in [3.8, 4) is 17.2 Å². The number of benzene rings is 3. The van der Waals surface area contributed by atoms with Crippen molar-refractivity contribution in [2.75, 3.05) is 6.61 Å². The van der Waals surface area contributed by atoms with E-state index in [-0.39, 0.29) is 18.6 Å². The molecule has 1 atom stereocenters. The molecule has 0 radical (unpaired) electrons. The molecule has 36 heavy (non-hydrogen) atoms. The van der Waals surface area contributed by atoms with Gasteiger partial charge in [0.05, 0.1) is 11.8 Å². The van der Waals surface area contributed by atoms with E-state index in [9.17, 15) is 4.79 Å². The van der Waals surface area contributed by atoms with E-state index < -0.39 is 0 Å². The monoisotopic (exact) mass is 608 g/mol. The minimum atomic E-state index is -0.219. The van der Waals surface area contributed by atoms with E-state index in [1.165, 1.54) is 0 Å². The van der Waals surface area contributed by atoms with Gasteiger partial charge in [-0.1, -0.05) is 63.0 Å². The third kappa shape index (κ3) is 5.42. The number of carbonyl (C=O) groups is 1. The first kappa shape index (κ1) is 24.4. The Labute approximate surface area is 225 Å². The van der Waals surface area contributed by atoms with E-state index in [0.29, 0.717) is 30.4 Å². The highest BCUT2D eigenvalue weighted by Crippen LogP contribution is 2.34. The fraction of sp³-hybridized carbons (Fsp3) is 0.185. The molecule has 3 aromatic carbocycles. The predicted molar refractivity (Wildman–Crippen MR) is 144 cm³/mol. The highest BCUT2D eigenvalue weighted by molar-refractivity contribution is 9.10. The topological polar surface area (TPSA) is 80.8 Å². The maximum Gasteiger partial charge on any atom is 0.281 e. The smallest absolute Gasteiger partial charge is 0.281 e. The van der Waals surface area contributed by atoms with Crippen molar-refractivity contribution in [2.24, 2.45) is 5.10 Å². The normalized spacial score (nSPS) is 15.1. The van der Waals surface area contributed by atoms with Crippen LogP contribution in [0.1, 0.15) is 36.4 Å². The summed E-state index contributed by atoms with van der Waals surface area (Å²) in [4.78, 5) is 13.3. The lowest BCUT2D eigenvalue weighted by atomic mass is 9.98. The fourth-order valence-electron chi connectivity index (χ4n) is 3.92. The summed E-state index contributed by atoms with van der Waals surface area (Å²) >= 11 is 6.95. The van der Waals surface area contributed by atoms with Crippen LogP contribution in [0.4, 0.5) is 0 Å². The minimum absolute atomic E-state index is 0.135.